The van der Waals surface area contributed by atoms with Crippen molar-refractivity contribution in [2.24, 2.45) is 0 Å². The highest BCUT2D eigenvalue weighted by Gasteiger charge is 2.40. The molecule has 3 rings (SSSR count). The van der Waals surface area contributed by atoms with Crippen LogP contribution >= 0.6 is 0 Å². The van der Waals surface area contributed by atoms with Gasteiger partial charge in [0.05, 0.1) is 18.5 Å². The van der Waals surface area contributed by atoms with E-state index in [1.165, 1.54) is 0 Å². The van der Waals surface area contributed by atoms with Gasteiger partial charge in [-0.3, -0.25) is 4.90 Å². The summed E-state index contributed by atoms with van der Waals surface area (Å²) in [4.78, 5) is 9.51. The van der Waals surface area contributed by atoms with Crippen molar-refractivity contribution in [1.29, 1.82) is 0 Å². The third-order valence-corrected chi connectivity index (χ3v) is 4.33. The van der Waals surface area contributed by atoms with Crippen molar-refractivity contribution in [2.45, 2.75) is 31.7 Å². The normalized spacial score (nSPS) is 15.4. The molecule has 0 unspecified atom stereocenters. The van der Waals surface area contributed by atoms with Crippen LogP contribution < -0.4 is 4.74 Å². The lowest BCUT2D eigenvalue weighted by Crippen LogP contribution is -2.36. The smallest absolute Gasteiger partial charge is 0.308 e. The van der Waals surface area contributed by atoms with Crippen molar-refractivity contribution in [1.82, 2.24) is 14.9 Å². The van der Waals surface area contributed by atoms with Gasteiger partial charge in [-0.25, -0.2) is 22.5 Å². The summed E-state index contributed by atoms with van der Waals surface area (Å²) in [5.41, 5.74) is 2.59. The SMILES string of the molecule is COc1cccc(-c2nc3c([nH]2)CN(CCC(F)(F)C(F)F)CC3)c1. The number of hydrogen-bond donors (Lipinski definition) is 1. The number of rotatable bonds is 6. The van der Waals surface area contributed by atoms with Gasteiger partial charge in [0.1, 0.15) is 11.6 Å². The molecule has 0 saturated heterocycles. The van der Waals surface area contributed by atoms with E-state index in [1.54, 1.807) is 12.0 Å². The zero-order chi connectivity index (χ0) is 18.0. The molecule has 2 aromatic rings. The van der Waals surface area contributed by atoms with Crippen LogP contribution in [-0.2, 0) is 13.0 Å². The number of methoxy groups -OCH3 is 1. The standard InChI is InChI=1S/C17H19F4N3O/c1-25-12-4-2-3-11(9-12)15-22-13-5-7-24(10-14(13)23-15)8-6-17(20,21)16(18)19/h2-4,9,16H,5-8,10H2,1H3,(H,22,23). The summed E-state index contributed by atoms with van der Waals surface area (Å²) in [5, 5.41) is 0. The van der Waals surface area contributed by atoms with Gasteiger partial charge in [-0.1, -0.05) is 12.1 Å². The topological polar surface area (TPSA) is 41.1 Å². The van der Waals surface area contributed by atoms with Crippen molar-refractivity contribution in [3.05, 3.63) is 35.7 Å². The Morgan fingerprint density at radius 2 is 2.16 bits per heavy atom. The molecule has 8 heteroatoms. The summed E-state index contributed by atoms with van der Waals surface area (Å²) in [5.74, 6) is -2.55. The van der Waals surface area contributed by atoms with Crippen molar-refractivity contribution >= 4 is 0 Å². The van der Waals surface area contributed by atoms with Crippen LogP contribution in [0.2, 0.25) is 0 Å². The summed E-state index contributed by atoms with van der Waals surface area (Å²) >= 11 is 0. The number of fused-ring (bicyclic) bond motifs is 1. The van der Waals surface area contributed by atoms with E-state index >= 15 is 0 Å². The van der Waals surface area contributed by atoms with Gasteiger partial charge < -0.3 is 9.72 Å². The molecular formula is C17H19F4N3O. The molecule has 1 aliphatic rings. The number of hydrogen-bond acceptors (Lipinski definition) is 3. The number of alkyl halides is 4. The molecule has 1 aromatic carbocycles. The number of aromatic nitrogens is 2. The fourth-order valence-electron chi connectivity index (χ4n) is 2.86. The monoisotopic (exact) mass is 357 g/mol. The molecule has 1 aromatic heterocycles. The number of aromatic amines is 1. The molecule has 4 nitrogen and oxygen atoms in total. The van der Waals surface area contributed by atoms with Crippen molar-refractivity contribution in [2.75, 3.05) is 20.2 Å². The highest BCUT2D eigenvalue weighted by atomic mass is 19.3. The molecule has 0 radical (unpaired) electrons. The number of nitrogens with one attached hydrogen (secondary N) is 1. The average molecular weight is 357 g/mol. The molecule has 0 saturated carbocycles. The van der Waals surface area contributed by atoms with Crippen LogP contribution in [0.15, 0.2) is 24.3 Å². The van der Waals surface area contributed by atoms with Crippen LogP contribution in [0.4, 0.5) is 17.6 Å². The van der Waals surface area contributed by atoms with Crippen LogP contribution in [-0.4, -0.2) is 47.4 Å². The highest BCUT2D eigenvalue weighted by molar-refractivity contribution is 5.58. The molecule has 25 heavy (non-hydrogen) atoms. The van der Waals surface area contributed by atoms with Crippen LogP contribution in [0.25, 0.3) is 11.4 Å². The van der Waals surface area contributed by atoms with E-state index in [2.05, 4.69) is 9.97 Å². The largest absolute Gasteiger partial charge is 0.497 e. The van der Waals surface area contributed by atoms with Gasteiger partial charge in [0.15, 0.2) is 0 Å². The first-order valence-electron chi connectivity index (χ1n) is 7.99. The Balaban J connectivity index is 1.69. The maximum Gasteiger partial charge on any atom is 0.308 e. The molecule has 136 valence electrons. The number of imidazole rings is 1. The van der Waals surface area contributed by atoms with E-state index < -0.39 is 18.8 Å². The van der Waals surface area contributed by atoms with Crippen molar-refractivity contribution in [3.63, 3.8) is 0 Å². The number of H-pyrrole nitrogens is 1. The van der Waals surface area contributed by atoms with Crippen LogP contribution in [0.5, 0.6) is 5.75 Å². The van der Waals surface area contributed by atoms with E-state index in [4.69, 9.17) is 4.74 Å². The molecule has 0 bridgehead atoms. The Morgan fingerprint density at radius 3 is 2.88 bits per heavy atom. The van der Waals surface area contributed by atoms with Crippen LogP contribution in [0.3, 0.4) is 0 Å². The highest BCUT2D eigenvalue weighted by Crippen LogP contribution is 2.29. The number of halogens is 4. The Morgan fingerprint density at radius 1 is 1.36 bits per heavy atom. The molecule has 1 N–H and O–H groups in total. The first-order chi connectivity index (χ1) is 11.9. The van der Waals surface area contributed by atoms with E-state index in [9.17, 15) is 17.6 Å². The van der Waals surface area contributed by atoms with Gasteiger partial charge in [-0.2, -0.15) is 0 Å². The lowest BCUT2D eigenvalue weighted by Gasteiger charge is -2.27. The van der Waals surface area contributed by atoms with Crippen molar-refractivity contribution < 1.29 is 22.3 Å². The van der Waals surface area contributed by atoms with Crippen LogP contribution in [0, 0.1) is 0 Å². The minimum Gasteiger partial charge on any atom is -0.497 e. The summed E-state index contributed by atoms with van der Waals surface area (Å²) < 4.78 is 55.9. The molecule has 0 fully saturated rings. The maximum atomic E-state index is 13.1. The fourth-order valence-corrected chi connectivity index (χ4v) is 2.86. The van der Waals surface area contributed by atoms with Crippen molar-refractivity contribution in [3.8, 4) is 17.1 Å². The second-order valence-electron chi connectivity index (χ2n) is 6.08. The lowest BCUT2D eigenvalue weighted by atomic mass is 10.1. The minimum absolute atomic E-state index is 0.0791. The van der Waals surface area contributed by atoms with Crippen LogP contribution in [0.1, 0.15) is 17.8 Å². The Labute approximate surface area is 142 Å². The lowest BCUT2D eigenvalue weighted by molar-refractivity contribution is -0.136. The summed E-state index contributed by atoms with van der Waals surface area (Å²) in [6.45, 7) is 0.838. The minimum atomic E-state index is -3.94. The van der Waals surface area contributed by atoms with E-state index in [-0.39, 0.29) is 6.54 Å². The average Bonchev–Trinajstić information content (AvgIpc) is 3.03. The van der Waals surface area contributed by atoms with Gasteiger partial charge >= 0.3 is 12.3 Å². The van der Waals surface area contributed by atoms with Gasteiger partial charge in [-0.15, -0.1) is 0 Å². The molecule has 0 aliphatic carbocycles. The fraction of sp³-hybridized carbons (Fsp3) is 0.471. The summed E-state index contributed by atoms with van der Waals surface area (Å²) in [7, 11) is 1.58. The number of nitrogens with zero attached hydrogens (tertiary/aromatic N) is 2. The van der Waals surface area contributed by atoms with Gasteiger partial charge in [0.25, 0.3) is 0 Å². The van der Waals surface area contributed by atoms with Gasteiger partial charge in [0, 0.05) is 38.0 Å². The summed E-state index contributed by atoms with van der Waals surface area (Å²) in [6, 6.07) is 7.44. The third-order valence-electron chi connectivity index (χ3n) is 4.33. The molecule has 2 heterocycles. The second kappa shape index (κ2) is 7.03. The molecular weight excluding hydrogens is 338 g/mol. The molecule has 1 aliphatic heterocycles. The van der Waals surface area contributed by atoms with E-state index in [0.29, 0.717) is 31.1 Å². The van der Waals surface area contributed by atoms with E-state index in [0.717, 1.165) is 17.0 Å². The zero-order valence-corrected chi connectivity index (χ0v) is 13.7. The number of benzene rings is 1. The predicted molar refractivity (Wildman–Crippen MR) is 85.1 cm³/mol. The summed E-state index contributed by atoms with van der Waals surface area (Å²) in [6.07, 6.45) is -3.88. The van der Waals surface area contributed by atoms with Gasteiger partial charge in [0.2, 0.25) is 0 Å². The zero-order valence-electron chi connectivity index (χ0n) is 13.7. The second-order valence-corrected chi connectivity index (χ2v) is 6.08. The van der Waals surface area contributed by atoms with E-state index in [1.807, 2.05) is 24.3 Å². The Bertz CT molecular complexity index is 732. The maximum absolute atomic E-state index is 13.1. The molecule has 0 atom stereocenters. The van der Waals surface area contributed by atoms with Gasteiger partial charge in [-0.05, 0) is 12.1 Å². The first-order valence-corrected chi connectivity index (χ1v) is 7.99. The Hall–Kier alpha value is -2.09. The quantitative estimate of drug-likeness (QED) is 0.801. The molecule has 0 amide bonds. The molecule has 0 spiro atoms. The first kappa shape index (κ1) is 17.7. The number of ether oxygens (including phenoxy) is 1. The Kier molecular flexibility index (Phi) is 4.99. The predicted octanol–water partition coefficient (Wildman–Crippen LogP) is 3.73. The third kappa shape index (κ3) is 3.95.